The number of ether oxygens (including phenoxy) is 4. The number of carbonyl (C=O) groups is 1. The minimum Gasteiger partial charge on any atom is -0.497 e. The van der Waals surface area contributed by atoms with Crippen LogP contribution in [0, 0.1) is 0 Å². The number of methoxy groups -OCH3 is 1. The second-order valence-electron chi connectivity index (χ2n) is 7.72. The van der Waals surface area contributed by atoms with Gasteiger partial charge in [0.2, 0.25) is 15.9 Å². The lowest BCUT2D eigenvalue weighted by Crippen LogP contribution is -2.37. The first-order valence-electron chi connectivity index (χ1n) is 10.7. The third kappa shape index (κ3) is 7.18. The number of anilines is 1. The summed E-state index contributed by atoms with van der Waals surface area (Å²) in [7, 11) is -1.94. The van der Waals surface area contributed by atoms with Gasteiger partial charge in [-0.05, 0) is 49.7 Å². The lowest BCUT2D eigenvalue weighted by atomic mass is 10.2. The molecule has 0 aliphatic carbocycles. The predicted molar refractivity (Wildman–Crippen MR) is 125 cm³/mol. The Morgan fingerprint density at radius 1 is 1.09 bits per heavy atom. The van der Waals surface area contributed by atoms with Crippen LogP contribution in [0.4, 0.5) is 5.69 Å². The predicted octanol–water partition coefficient (Wildman–Crippen LogP) is 2.60. The van der Waals surface area contributed by atoms with Crippen LogP contribution in [0.15, 0.2) is 42.5 Å². The van der Waals surface area contributed by atoms with Crippen molar-refractivity contribution in [1.82, 2.24) is 5.32 Å². The summed E-state index contributed by atoms with van der Waals surface area (Å²) in [5.41, 5.74) is 0.475. The van der Waals surface area contributed by atoms with Gasteiger partial charge in [-0.3, -0.25) is 9.10 Å². The molecular formula is C23H30N2O7S. The molecular weight excluding hydrogens is 448 g/mol. The summed E-state index contributed by atoms with van der Waals surface area (Å²) in [6.07, 6.45) is 1.69. The van der Waals surface area contributed by atoms with E-state index >= 15 is 0 Å². The van der Waals surface area contributed by atoms with E-state index in [2.05, 4.69) is 5.32 Å². The van der Waals surface area contributed by atoms with Gasteiger partial charge in [0.05, 0.1) is 25.1 Å². The first-order chi connectivity index (χ1) is 15.8. The van der Waals surface area contributed by atoms with Crippen molar-refractivity contribution in [2.75, 3.05) is 44.0 Å². The van der Waals surface area contributed by atoms with Gasteiger partial charge in [-0.25, -0.2) is 8.42 Å². The summed E-state index contributed by atoms with van der Waals surface area (Å²) >= 11 is 0. The van der Waals surface area contributed by atoms with E-state index < -0.39 is 10.0 Å². The Hall–Kier alpha value is -3.14. The number of nitrogens with one attached hydrogen (secondary N) is 1. The summed E-state index contributed by atoms with van der Waals surface area (Å²) in [4.78, 5) is 12.3. The van der Waals surface area contributed by atoms with Gasteiger partial charge in [0.15, 0.2) is 11.5 Å². The quantitative estimate of drug-likeness (QED) is 0.529. The summed E-state index contributed by atoms with van der Waals surface area (Å²) in [6.45, 7) is 3.20. The Bertz CT molecular complexity index is 1040. The van der Waals surface area contributed by atoms with Crippen molar-refractivity contribution >= 4 is 21.6 Å². The van der Waals surface area contributed by atoms with Crippen molar-refractivity contribution < 1.29 is 32.2 Å². The minimum absolute atomic E-state index is 0.169. The highest BCUT2D eigenvalue weighted by atomic mass is 32.2. The molecule has 1 heterocycles. The number of rotatable bonds is 11. The minimum atomic E-state index is -3.53. The molecule has 0 fully saturated rings. The maximum atomic E-state index is 12.3. The topological polar surface area (TPSA) is 103 Å². The number of hydrogen-bond donors (Lipinski definition) is 1. The van der Waals surface area contributed by atoms with E-state index in [1.54, 1.807) is 49.6 Å². The van der Waals surface area contributed by atoms with Gasteiger partial charge in [0.25, 0.3) is 0 Å². The molecule has 33 heavy (non-hydrogen) atoms. The van der Waals surface area contributed by atoms with Gasteiger partial charge in [0.1, 0.15) is 31.3 Å². The molecule has 1 aliphatic rings. The molecule has 9 nitrogen and oxygen atoms in total. The molecule has 0 radical (unpaired) electrons. The van der Waals surface area contributed by atoms with E-state index in [4.69, 9.17) is 18.9 Å². The fourth-order valence-corrected chi connectivity index (χ4v) is 4.30. The Balaban J connectivity index is 1.47. The highest BCUT2D eigenvalue weighted by Gasteiger charge is 2.21. The molecule has 0 aromatic heterocycles. The second-order valence-corrected chi connectivity index (χ2v) is 9.63. The van der Waals surface area contributed by atoms with Crippen LogP contribution >= 0.6 is 0 Å². The summed E-state index contributed by atoms with van der Waals surface area (Å²) in [6, 6.07) is 12.0. The first-order valence-corrected chi connectivity index (χ1v) is 12.5. The SMILES string of the molecule is COc1ccc(OC[C@@H](C)NC(=O)CCCN(c2ccc3c(c2)OCCO3)S(C)(=O)=O)cc1. The number of sulfonamides is 1. The van der Waals surface area contributed by atoms with Crippen molar-refractivity contribution in [3.63, 3.8) is 0 Å². The summed E-state index contributed by atoms with van der Waals surface area (Å²) in [5.74, 6) is 2.35. The van der Waals surface area contributed by atoms with Crippen LogP contribution < -0.4 is 28.6 Å². The van der Waals surface area contributed by atoms with Crippen LogP contribution in [0.5, 0.6) is 23.0 Å². The van der Waals surface area contributed by atoms with Crippen LogP contribution in [0.1, 0.15) is 19.8 Å². The van der Waals surface area contributed by atoms with Crippen molar-refractivity contribution in [1.29, 1.82) is 0 Å². The van der Waals surface area contributed by atoms with Crippen LogP contribution in [0.3, 0.4) is 0 Å². The van der Waals surface area contributed by atoms with Crippen LogP contribution in [0.2, 0.25) is 0 Å². The number of benzene rings is 2. The van der Waals surface area contributed by atoms with E-state index in [0.717, 1.165) is 12.0 Å². The fraction of sp³-hybridized carbons (Fsp3) is 0.435. The molecule has 0 saturated heterocycles. The molecule has 3 rings (SSSR count). The Morgan fingerprint density at radius 2 is 1.76 bits per heavy atom. The van der Waals surface area contributed by atoms with Crippen molar-refractivity contribution in [3.8, 4) is 23.0 Å². The Morgan fingerprint density at radius 3 is 2.42 bits per heavy atom. The zero-order chi connectivity index (χ0) is 23.8. The van der Waals surface area contributed by atoms with E-state index in [9.17, 15) is 13.2 Å². The molecule has 10 heteroatoms. The smallest absolute Gasteiger partial charge is 0.232 e. The monoisotopic (exact) mass is 478 g/mol. The average molecular weight is 479 g/mol. The van der Waals surface area contributed by atoms with Gasteiger partial charge in [-0.1, -0.05) is 0 Å². The Labute approximate surface area is 194 Å². The van der Waals surface area contributed by atoms with E-state index in [1.165, 1.54) is 4.31 Å². The van der Waals surface area contributed by atoms with Crippen LogP contribution in [0.25, 0.3) is 0 Å². The number of fused-ring (bicyclic) bond motifs is 1. The summed E-state index contributed by atoms with van der Waals surface area (Å²) < 4.78 is 47.8. The standard InChI is InChI=1S/C23H30N2O7S/c1-17(16-32-20-9-7-19(29-2)8-10-20)24-23(26)5-4-12-25(33(3,27)28)18-6-11-21-22(15-18)31-14-13-30-21/h6-11,15,17H,4-5,12-14,16H2,1-3H3,(H,24,26)/t17-/m1/s1. The van der Waals surface area contributed by atoms with Crippen molar-refractivity contribution in [2.45, 2.75) is 25.8 Å². The molecule has 2 aromatic rings. The van der Waals surface area contributed by atoms with Crippen LogP contribution in [-0.2, 0) is 14.8 Å². The Kier molecular flexibility index (Phi) is 8.26. The number of amides is 1. The second kappa shape index (κ2) is 11.1. The lowest BCUT2D eigenvalue weighted by Gasteiger charge is -2.25. The zero-order valence-corrected chi connectivity index (χ0v) is 19.9. The maximum absolute atomic E-state index is 12.3. The number of carbonyl (C=O) groups excluding carboxylic acids is 1. The van der Waals surface area contributed by atoms with Crippen molar-refractivity contribution in [2.24, 2.45) is 0 Å². The molecule has 0 saturated carbocycles. The third-order valence-corrected chi connectivity index (χ3v) is 6.14. The molecule has 0 spiro atoms. The zero-order valence-electron chi connectivity index (χ0n) is 19.1. The van der Waals surface area contributed by atoms with Gasteiger partial charge >= 0.3 is 0 Å². The highest BCUT2D eigenvalue weighted by molar-refractivity contribution is 7.92. The molecule has 1 atom stereocenters. The normalized spacial score (nSPS) is 13.7. The van der Waals surface area contributed by atoms with E-state index in [1.807, 2.05) is 6.92 Å². The maximum Gasteiger partial charge on any atom is 0.232 e. The fourth-order valence-electron chi connectivity index (χ4n) is 3.34. The third-order valence-electron chi connectivity index (χ3n) is 4.95. The molecule has 0 unspecified atom stereocenters. The molecule has 1 N–H and O–H groups in total. The molecule has 0 bridgehead atoms. The average Bonchev–Trinajstić information content (AvgIpc) is 2.79. The van der Waals surface area contributed by atoms with Crippen LogP contribution in [-0.4, -0.2) is 60.1 Å². The first kappa shape index (κ1) is 24.5. The van der Waals surface area contributed by atoms with Gasteiger partial charge < -0.3 is 24.3 Å². The van der Waals surface area contributed by atoms with Gasteiger partial charge in [-0.2, -0.15) is 0 Å². The summed E-state index contributed by atoms with van der Waals surface area (Å²) in [5, 5.41) is 2.87. The van der Waals surface area contributed by atoms with Gasteiger partial charge in [-0.15, -0.1) is 0 Å². The number of hydrogen-bond acceptors (Lipinski definition) is 7. The van der Waals surface area contributed by atoms with E-state index in [-0.39, 0.29) is 24.9 Å². The largest absolute Gasteiger partial charge is 0.497 e. The molecule has 1 aliphatic heterocycles. The molecule has 2 aromatic carbocycles. The lowest BCUT2D eigenvalue weighted by molar-refractivity contribution is -0.121. The van der Waals surface area contributed by atoms with Gasteiger partial charge in [0, 0.05) is 19.0 Å². The molecule has 180 valence electrons. The van der Waals surface area contributed by atoms with E-state index in [0.29, 0.717) is 49.2 Å². The van der Waals surface area contributed by atoms with Crippen molar-refractivity contribution in [3.05, 3.63) is 42.5 Å². The highest BCUT2D eigenvalue weighted by Crippen LogP contribution is 2.34. The number of nitrogens with zero attached hydrogens (tertiary/aromatic N) is 1. The molecule has 1 amide bonds.